The molecule has 0 spiro atoms. The molecule has 3 N–H and O–H groups in total. The van der Waals surface area contributed by atoms with Crippen LogP contribution in [0.2, 0.25) is 0 Å². The van der Waals surface area contributed by atoms with Crippen molar-refractivity contribution in [2.24, 2.45) is 10.8 Å². The van der Waals surface area contributed by atoms with Crippen LogP contribution in [0.5, 0.6) is 0 Å². The van der Waals surface area contributed by atoms with Crippen molar-refractivity contribution in [1.29, 1.82) is 0 Å². The van der Waals surface area contributed by atoms with Gasteiger partial charge in [0.2, 0.25) is 0 Å². The highest BCUT2D eigenvalue weighted by atomic mass is 32.1. The summed E-state index contributed by atoms with van der Waals surface area (Å²) in [4.78, 5) is 0. The molecule has 0 heterocycles. The fraction of sp³-hybridized carbons (Fsp3) is 0.111. The number of benzene rings is 1. The van der Waals surface area contributed by atoms with E-state index in [4.69, 9.17) is 5.73 Å². The van der Waals surface area contributed by atoms with Crippen LogP contribution >= 0.6 is 12.2 Å². The largest absolute Gasteiger partial charge is 0.375 e. The summed E-state index contributed by atoms with van der Waals surface area (Å²) in [7, 11) is 0. The number of hydrazone groups is 1. The molecule has 0 fully saturated rings. The molecule has 0 atom stereocenters. The Labute approximate surface area is 91.0 Å². The molecule has 1 rings (SSSR count). The van der Waals surface area contributed by atoms with Crippen molar-refractivity contribution in [3.63, 3.8) is 0 Å². The summed E-state index contributed by atoms with van der Waals surface area (Å²) in [5, 5.41) is 3.55. The smallest absolute Gasteiger partial charge is 0.184 e. The third-order valence-corrected chi connectivity index (χ3v) is 1.82. The second-order valence-corrected chi connectivity index (χ2v) is 3.25. The Morgan fingerprint density at radius 3 is 2.80 bits per heavy atom. The van der Waals surface area contributed by atoms with Gasteiger partial charge in [-0.1, -0.05) is 0 Å². The zero-order chi connectivity index (χ0) is 11.4. The van der Waals surface area contributed by atoms with Crippen molar-refractivity contribution in [3.05, 3.63) is 34.9 Å². The number of nitrogens with one attached hydrogen (secondary N) is 1. The van der Waals surface area contributed by atoms with Crippen LogP contribution in [0.25, 0.3) is 0 Å². The Kier molecular flexibility index (Phi) is 3.68. The summed E-state index contributed by atoms with van der Waals surface area (Å²) < 4.78 is 26.2. The van der Waals surface area contributed by atoms with Crippen LogP contribution in [0.1, 0.15) is 11.1 Å². The van der Waals surface area contributed by atoms with E-state index in [-0.39, 0.29) is 16.2 Å². The second kappa shape index (κ2) is 4.79. The first-order valence-corrected chi connectivity index (χ1v) is 4.46. The predicted molar refractivity (Wildman–Crippen MR) is 58.6 cm³/mol. The van der Waals surface area contributed by atoms with Gasteiger partial charge < -0.3 is 5.73 Å². The summed E-state index contributed by atoms with van der Waals surface area (Å²) in [6.45, 7) is 1.35. The van der Waals surface area contributed by atoms with Gasteiger partial charge in [0.25, 0.3) is 0 Å². The lowest BCUT2D eigenvalue weighted by Gasteiger charge is -2.01. The number of halogens is 2. The van der Waals surface area contributed by atoms with Gasteiger partial charge in [-0.15, -0.1) is 0 Å². The third-order valence-electron chi connectivity index (χ3n) is 1.73. The maximum absolute atomic E-state index is 13.4. The van der Waals surface area contributed by atoms with Crippen molar-refractivity contribution in [3.8, 4) is 0 Å². The summed E-state index contributed by atoms with van der Waals surface area (Å²) in [5.41, 5.74) is 7.49. The molecule has 15 heavy (non-hydrogen) atoms. The van der Waals surface area contributed by atoms with Gasteiger partial charge in [0, 0.05) is 11.1 Å². The Morgan fingerprint density at radius 1 is 1.53 bits per heavy atom. The molecule has 0 aliphatic heterocycles. The Bertz CT molecular complexity index is 418. The Morgan fingerprint density at radius 2 is 2.20 bits per heavy atom. The average Bonchev–Trinajstić information content (AvgIpc) is 2.18. The molecule has 0 unspecified atom stereocenters. The highest BCUT2D eigenvalue weighted by Crippen LogP contribution is 2.13. The lowest BCUT2D eigenvalue weighted by atomic mass is 10.1. The van der Waals surface area contributed by atoms with E-state index in [2.05, 4.69) is 22.7 Å². The molecule has 0 amide bonds. The average molecular weight is 229 g/mol. The Balaban J connectivity index is 2.92. The van der Waals surface area contributed by atoms with E-state index < -0.39 is 11.6 Å². The minimum Gasteiger partial charge on any atom is -0.375 e. The first kappa shape index (κ1) is 11.5. The number of thiocarbonyl (C=S) groups is 1. The molecule has 80 valence electrons. The van der Waals surface area contributed by atoms with Crippen LogP contribution in [0.15, 0.2) is 17.2 Å². The van der Waals surface area contributed by atoms with Gasteiger partial charge in [-0.2, -0.15) is 5.10 Å². The zero-order valence-electron chi connectivity index (χ0n) is 7.92. The molecule has 6 heteroatoms. The van der Waals surface area contributed by atoms with Gasteiger partial charge in [0.15, 0.2) is 5.11 Å². The summed E-state index contributed by atoms with van der Waals surface area (Å²) in [6, 6.07) is 2.45. The van der Waals surface area contributed by atoms with E-state index >= 15 is 0 Å². The fourth-order valence-electron chi connectivity index (χ4n) is 0.948. The van der Waals surface area contributed by atoms with Gasteiger partial charge in [-0.3, -0.25) is 5.43 Å². The van der Waals surface area contributed by atoms with Crippen LogP contribution < -0.4 is 11.2 Å². The summed E-state index contributed by atoms with van der Waals surface area (Å²) >= 11 is 4.49. The minimum atomic E-state index is -0.650. The van der Waals surface area contributed by atoms with Gasteiger partial charge in [-0.05, 0) is 31.3 Å². The highest BCUT2D eigenvalue weighted by molar-refractivity contribution is 7.80. The molecule has 1 aromatic carbocycles. The fourth-order valence-corrected chi connectivity index (χ4v) is 1.00. The summed E-state index contributed by atoms with van der Waals surface area (Å²) in [5.74, 6) is -1.24. The zero-order valence-corrected chi connectivity index (χ0v) is 8.74. The standard InChI is InChI=1S/C9H9F2N3S/c1-5-7(10)3-2-6(8(5)11)4-13-14-9(12)15/h2-4H,1H3,(H3,12,14,15). The van der Waals surface area contributed by atoms with Crippen LogP contribution in [0.4, 0.5) is 8.78 Å². The predicted octanol–water partition coefficient (Wildman–Crippen LogP) is 1.44. The van der Waals surface area contributed by atoms with Crippen molar-refractivity contribution in [2.45, 2.75) is 6.92 Å². The Hall–Kier alpha value is -1.56. The van der Waals surface area contributed by atoms with Gasteiger partial charge >= 0.3 is 0 Å². The molecule has 1 aromatic rings. The number of hydrogen-bond acceptors (Lipinski definition) is 2. The highest BCUT2D eigenvalue weighted by Gasteiger charge is 2.07. The number of nitrogens with zero attached hydrogens (tertiary/aromatic N) is 1. The number of nitrogens with two attached hydrogens (primary N) is 1. The molecule has 0 bridgehead atoms. The van der Waals surface area contributed by atoms with Gasteiger partial charge in [0.1, 0.15) is 11.6 Å². The van der Waals surface area contributed by atoms with Crippen molar-refractivity contribution >= 4 is 23.5 Å². The number of hydrogen-bond donors (Lipinski definition) is 2. The molecule has 0 saturated carbocycles. The SMILES string of the molecule is Cc1c(F)ccc(C=NNC(N)=S)c1F. The molecule has 0 aliphatic rings. The van der Waals surface area contributed by atoms with E-state index in [9.17, 15) is 8.78 Å². The first-order chi connectivity index (χ1) is 7.02. The lowest BCUT2D eigenvalue weighted by molar-refractivity contribution is 0.567. The summed E-state index contributed by atoms with van der Waals surface area (Å²) in [6.07, 6.45) is 1.18. The minimum absolute atomic E-state index is 0.0227. The molecule has 0 radical (unpaired) electrons. The normalized spacial score (nSPS) is 10.6. The maximum Gasteiger partial charge on any atom is 0.184 e. The van der Waals surface area contributed by atoms with Crippen LogP contribution in [-0.2, 0) is 0 Å². The van der Waals surface area contributed by atoms with E-state index in [1.807, 2.05) is 0 Å². The molecule has 3 nitrogen and oxygen atoms in total. The van der Waals surface area contributed by atoms with E-state index in [1.54, 1.807) is 0 Å². The topological polar surface area (TPSA) is 50.4 Å². The van der Waals surface area contributed by atoms with E-state index in [0.717, 1.165) is 0 Å². The third kappa shape index (κ3) is 2.95. The van der Waals surface area contributed by atoms with E-state index in [0.29, 0.717) is 0 Å². The van der Waals surface area contributed by atoms with Crippen molar-refractivity contribution in [2.75, 3.05) is 0 Å². The van der Waals surface area contributed by atoms with Crippen LogP contribution in [0.3, 0.4) is 0 Å². The molecule has 0 saturated heterocycles. The lowest BCUT2D eigenvalue weighted by Crippen LogP contribution is -2.24. The monoisotopic (exact) mass is 229 g/mol. The second-order valence-electron chi connectivity index (χ2n) is 2.81. The van der Waals surface area contributed by atoms with Crippen molar-refractivity contribution in [1.82, 2.24) is 5.43 Å². The quantitative estimate of drug-likeness (QED) is 0.458. The molecular formula is C9H9F2N3S. The maximum atomic E-state index is 13.4. The van der Waals surface area contributed by atoms with Crippen molar-refractivity contribution < 1.29 is 8.78 Å². The van der Waals surface area contributed by atoms with Crippen LogP contribution in [-0.4, -0.2) is 11.3 Å². The molecule has 0 aliphatic carbocycles. The molecule has 0 aromatic heterocycles. The molecular weight excluding hydrogens is 220 g/mol. The van der Waals surface area contributed by atoms with Crippen LogP contribution in [0, 0.1) is 18.6 Å². The first-order valence-electron chi connectivity index (χ1n) is 4.05. The van der Waals surface area contributed by atoms with Gasteiger partial charge in [-0.25, -0.2) is 8.78 Å². The van der Waals surface area contributed by atoms with Gasteiger partial charge in [0.05, 0.1) is 6.21 Å². The van der Waals surface area contributed by atoms with E-state index in [1.165, 1.54) is 25.3 Å². The number of rotatable bonds is 2.